The second-order valence-electron chi connectivity index (χ2n) is 7.70. The number of Topliss-reactive ketones (excluding diaryl/α,β-unsaturated/α-hetero) is 1. The molecule has 0 aliphatic heterocycles. The zero-order valence-corrected chi connectivity index (χ0v) is 19.3. The van der Waals surface area contributed by atoms with Crippen LogP contribution in [0.25, 0.3) is 0 Å². The van der Waals surface area contributed by atoms with E-state index in [1.54, 1.807) is 66.7 Å². The van der Waals surface area contributed by atoms with Gasteiger partial charge in [-0.2, -0.15) is 0 Å². The van der Waals surface area contributed by atoms with Gasteiger partial charge in [0.25, 0.3) is 5.91 Å². The highest BCUT2D eigenvalue weighted by molar-refractivity contribution is 6.04. The van der Waals surface area contributed by atoms with Crippen LogP contribution in [-0.4, -0.2) is 25.4 Å². The minimum atomic E-state index is -0.298. The van der Waals surface area contributed by atoms with E-state index >= 15 is 0 Å². The molecule has 0 aliphatic carbocycles. The maximum absolute atomic E-state index is 12.7. The smallest absolute Gasteiger partial charge is 0.255 e. The van der Waals surface area contributed by atoms with Crippen molar-refractivity contribution in [3.63, 3.8) is 0 Å². The fourth-order valence-corrected chi connectivity index (χ4v) is 3.36. The van der Waals surface area contributed by atoms with E-state index in [-0.39, 0.29) is 18.3 Å². The Bertz CT molecular complexity index is 1270. The molecule has 1 amide bonds. The molecule has 0 saturated heterocycles. The van der Waals surface area contributed by atoms with Crippen LogP contribution in [0.1, 0.15) is 26.3 Å². The summed E-state index contributed by atoms with van der Waals surface area (Å²) in [6, 6.07) is 30.8. The summed E-state index contributed by atoms with van der Waals surface area (Å²) < 4.78 is 16.8. The first-order valence-electron chi connectivity index (χ1n) is 11.1. The van der Waals surface area contributed by atoms with Gasteiger partial charge in [0.1, 0.15) is 12.4 Å². The normalized spacial score (nSPS) is 10.3. The summed E-state index contributed by atoms with van der Waals surface area (Å²) in [5.74, 6) is 1.01. The number of nitrogens with one attached hydrogen (secondary N) is 1. The van der Waals surface area contributed by atoms with Crippen LogP contribution in [0.5, 0.6) is 17.2 Å². The molecular formula is C29H25NO5. The zero-order chi connectivity index (χ0) is 24.5. The van der Waals surface area contributed by atoms with Crippen molar-refractivity contribution in [2.75, 3.05) is 19.0 Å². The lowest BCUT2D eigenvalue weighted by atomic mass is 10.1. The maximum atomic E-state index is 12.7. The molecule has 0 fully saturated rings. The lowest BCUT2D eigenvalue weighted by Gasteiger charge is -2.12. The van der Waals surface area contributed by atoms with Gasteiger partial charge >= 0.3 is 0 Å². The van der Waals surface area contributed by atoms with Gasteiger partial charge < -0.3 is 19.5 Å². The van der Waals surface area contributed by atoms with Crippen molar-refractivity contribution in [1.82, 2.24) is 0 Å². The van der Waals surface area contributed by atoms with Gasteiger partial charge in [-0.05, 0) is 48.0 Å². The van der Waals surface area contributed by atoms with Crippen LogP contribution in [0.4, 0.5) is 5.69 Å². The van der Waals surface area contributed by atoms with Crippen molar-refractivity contribution in [2.24, 2.45) is 0 Å². The molecule has 4 rings (SSSR count). The number of ketones is 1. The van der Waals surface area contributed by atoms with Crippen LogP contribution < -0.4 is 19.5 Å². The Morgan fingerprint density at radius 1 is 0.714 bits per heavy atom. The summed E-state index contributed by atoms with van der Waals surface area (Å²) >= 11 is 0. The molecule has 176 valence electrons. The fourth-order valence-electron chi connectivity index (χ4n) is 3.36. The van der Waals surface area contributed by atoms with E-state index < -0.39 is 0 Å². The summed E-state index contributed by atoms with van der Waals surface area (Å²) in [4.78, 5) is 25.0. The average Bonchev–Trinajstić information content (AvgIpc) is 2.92. The molecule has 0 aliphatic rings. The predicted molar refractivity (Wildman–Crippen MR) is 134 cm³/mol. The van der Waals surface area contributed by atoms with E-state index in [0.717, 1.165) is 5.56 Å². The summed E-state index contributed by atoms with van der Waals surface area (Å²) in [6.45, 7) is 0.336. The third kappa shape index (κ3) is 6.48. The molecule has 0 aromatic heterocycles. The lowest BCUT2D eigenvalue weighted by Crippen LogP contribution is -2.14. The third-order valence-corrected chi connectivity index (χ3v) is 5.24. The summed E-state index contributed by atoms with van der Waals surface area (Å²) in [6.07, 6.45) is 0. The van der Waals surface area contributed by atoms with Crippen molar-refractivity contribution in [2.45, 2.75) is 6.61 Å². The largest absolute Gasteiger partial charge is 0.493 e. The maximum Gasteiger partial charge on any atom is 0.255 e. The number of ether oxygens (including phenoxy) is 3. The molecule has 0 saturated carbocycles. The minimum Gasteiger partial charge on any atom is -0.493 e. The monoisotopic (exact) mass is 467 g/mol. The molecule has 0 radical (unpaired) electrons. The fraction of sp³-hybridized carbons (Fsp3) is 0.103. The lowest BCUT2D eigenvalue weighted by molar-refractivity contribution is 0.0918. The van der Waals surface area contributed by atoms with Crippen molar-refractivity contribution in [3.05, 3.63) is 120 Å². The molecule has 4 aromatic carbocycles. The quantitative estimate of drug-likeness (QED) is 0.299. The predicted octanol–water partition coefficient (Wildman–Crippen LogP) is 5.79. The van der Waals surface area contributed by atoms with E-state index in [1.807, 2.05) is 36.4 Å². The SMILES string of the molecule is COc1cc(C(=O)Nc2ccc(OCc3ccccc3)cc2)ccc1OCC(=O)c1ccccc1. The highest BCUT2D eigenvalue weighted by atomic mass is 16.5. The van der Waals surface area contributed by atoms with Crippen molar-refractivity contribution in [3.8, 4) is 17.2 Å². The van der Waals surface area contributed by atoms with E-state index in [1.165, 1.54) is 7.11 Å². The first-order chi connectivity index (χ1) is 17.1. The number of hydrogen-bond acceptors (Lipinski definition) is 5. The zero-order valence-electron chi connectivity index (χ0n) is 19.3. The van der Waals surface area contributed by atoms with E-state index in [2.05, 4.69) is 5.32 Å². The van der Waals surface area contributed by atoms with Crippen molar-refractivity contribution >= 4 is 17.4 Å². The molecule has 1 N–H and O–H groups in total. The topological polar surface area (TPSA) is 73.9 Å². The molecule has 6 heteroatoms. The number of amides is 1. The summed E-state index contributed by atoms with van der Waals surface area (Å²) in [5.41, 5.74) is 2.68. The third-order valence-electron chi connectivity index (χ3n) is 5.24. The highest BCUT2D eigenvalue weighted by Crippen LogP contribution is 2.29. The van der Waals surface area contributed by atoms with Gasteiger partial charge in [0.05, 0.1) is 7.11 Å². The Kier molecular flexibility index (Phi) is 7.76. The Morgan fingerprint density at radius 2 is 1.40 bits per heavy atom. The molecule has 0 heterocycles. The van der Waals surface area contributed by atoms with Crippen LogP contribution in [0.15, 0.2) is 103 Å². The van der Waals surface area contributed by atoms with Crippen molar-refractivity contribution < 1.29 is 23.8 Å². The second-order valence-corrected chi connectivity index (χ2v) is 7.70. The molecule has 6 nitrogen and oxygen atoms in total. The standard InChI is InChI=1S/C29H25NO5/c1-33-28-18-23(12-17-27(28)35-20-26(31)22-10-6-3-7-11-22)29(32)30-24-13-15-25(16-14-24)34-19-21-8-4-2-5-9-21/h2-18H,19-20H2,1H3,(H,30,32). The minimum absolute atomic E-state index is 0.134. The molecule has 4 aromatic rings. The Hall–Kier alpha value is -4.58. The molecular weight excluding hydrogens is 442 g/mol. The Balaban J connectivity index is 1.34. The van der Waals surface area contributed by atoms with Gasteiger partial charge in [-0.15, -0.1) is 0 Å². The van der Waals surface area contributed by atoms with Gasteiger partial charge in [0, 0.05) is 16.8 Å². The second kappa shape index (κ2) is 11.5. The Morgan fingerprint density at radius 3 is 2.09 bits per heavy atom. The summed E-state index contributed by atoms with van der Waals surface area (Å²) in [5, 5.41) is 2.86. The van der Waals surface area contributed by atoms with Crippen molar-refractivity contribution in [1.29, 1.82) is 0 Å². The van der Waals surface area contributed by atoms with Gasteiger partial charge in [-0.1, -0.05) is 60.7 Å². The van der Waals surface area contributed by atoms with Crippen LogP contribution in [0.3, 0.4) is 0 Å². The molecule has 0 bridgehead atoms. The molecule has 35 heavy (non-hydrogen) atoms. The van der Waals surface area contributed by atoms with Crippen LogP contribution in [0, 0.1) is 0 Å². The summed E-state index contributed by atoms with van der Waals surface area (Å²) in [7, 11) is 1.48. The van der Waals surface area contributed by atoms with Gasteiger partial charge in [0.15, 0.2) is 23.9 Å². The van der Waals surface area contributed by atoms with Crippen LogP contribution >= 0.6 is 0 Å². The van der Waals surface area contributed by atoms with E-state index in [0.29, 0.717) is 40.7 Å². The number of methoxy groups -OCH3 is 1. The number of rotatable bonds is 10. The number of hydrogen-bond donors (Lipinski definition) is 1. The van der Waals surface area contributed by atoms with Crippen LogP contribution in [0.2, 0.25) is 0 Å². The van der Waals surface area contributed by atoms with Crippen LogP contribution in [-0.2, 0) is 6.61 Å². The van der Waals surface area contributed by atoms with E-state index in [9.17, 15) is 9.59 Å². The van der Waals surface area contributed by atoms with Gasteiger partial charge in [0.2, 0.25) is 0 Å². The first kappa shape index (κ1) is 23.6. The molecule has 0 unspecified atom stereocenters. The average molecular weight is 468 g/mol. The molecule has 0 atom stereocenters. The number of carbonyl (C=O) groups excluding carboxylic acids is 2. The Labute approximate surface area is 204 Å². The number of carbonyl (C=O) groups is 2. The van der Waals surface area contributed by atoms with E-state index in [4.69, 9.17) is 14.2 Å². The highest BCUT2D eigenvalue weighted by Gasteiger charge is 2.14. The first-order valence-corrected chi connectivity index (χ1v) is 11.1. The number of benzene rings is 4. The van der Waals surface area contributed by atoms with Gasteiger partial charge in [-0.25, -0.2) is 0 Å². The molecule has 0 spiro atoms. The number of anilines is 1. The van der Waals surface area contributed by atoms with Gasteiger partial charge in [-0.3, -0.25) is 9.59 Å².